The van der Waals surface area contributed by atoms with E-state index in [-0.39, 0.29) is 0 Å². The fourth-order valence-corrected chi connectivity index (χ4v) is 4.03. The van der Waals surface area contributed by atoms with Gasteiger partial charge in [0.05, 0.1) is 11.4 Å². The van der Waals surface area contributed by atoms with Crippen LogP contribution in [0.2, 0.25) is 0 Å². The molecule has 0 bridgehead atoms. The average molecular weight is 433 g/mol. The lowest BCUT2D eigenvalue weighted by molar-refractivity contribution is 0.750. The molecule has 0 aliphatic rings. The predicted molar refractivity (Wildman–Crippen MR) is 92.4 cm³/mol. The van der Waals surface area contributed by atoms with Crippen molar-refractivity contribution in [3.05, 3.63) is 38.7 Å². The Balaban J connectivity index is 2.42. The lowest BCUT2D eigenvalue weighted by Gasteiger charge is -2.13. The first kappa shape index (κ1) is 15.1. The molecule has 0 radical (unpaired) electrons. The van der Waals surface area contributed by atoms with Crippen LogP contribution in [0, 0.1) is 6.92 Å². The van der Waals surface area contributed by atoms with Gasteiger partial charge in [-0.3, -0.25) is 4.57 Å². The first-order valence-corrected chi connectivity index (χ1v) is 8.58. The van der Waals surface area contributed by atoms with Gasteiger partial charge in [-0.05, 0) is 50.9 Å². The van der Waals surface area contributed by atoms with Crippen LogP contribution >= 0.6 is 43.5 Å². The van der Waals surface area contributed by atoms with Gasteiger partial charge in [-0.1, -0.05) is 6.07 Å². The van der Waals surface area contributed by atoms with E-state index in [4.69, 9.17) is 16.6 Å². The third-order valence-electron chi connectivity index (χ3n) is 3.35. The third-order valence-corrected chi connectivity index (χ3v) is 4.82. The summed E-state index contributed by atoms with van der Waals surface area (Å²) in [6, 6.07) is 6.01. The standard InChI is InChI=1S/C14H13Br2ClN4/c1-8-12-14(20(2)19-8)21(11(18-12)6-7-17)13-9(15)4-3-5-10(13)16/h3-5H,6-7H2,1-2H3. The van der Waals surface area contributed by atoms with Crippen molar-refractivity contribution in [1.29, 1.82) is 0 Å². The van der Waals surface area contributed by atoms with E-state index < -0.39 is 0 Å². The molecular weight excluding hydrogens is 419 g/mol. The average Bonchev–Trinajstić information content (AvgIpc) is 2.90. The van der Waals surface area contributed by atoms with Crippen LogP contribution in [-0.2, 0) is 13.5 Å². The van der Waals surface area contributed by atoms with Gasteiger partial charge < -0.3 is 0 Å². The molecule has 0 amide bonds. The van der Waals surface area contributed by atoms with Crippen LogP contribution in [0.5, 0.6) is 0 Å². The van der Waals surface area contributed by atoms with Crippen molar-refractivity contribution in [3.63, 3.8) is 0 Å². The quantitative estimate of drug-likeness (QED) is 0.576. The van der Waals surface area contributed by atoms with E-state index in [9.17, 15) is 0 Å². The zero-order valence-electron chi connectivity index (χ0n) is 11.6. The molecule has 3 rings (SSSR count). The first-order valence-electron chi connectivity index (χ1n) is 6.46. The first-order chi connectivity index (χ1) is 10.0. The van der Waals surface area contributed by atoms with Crippen LogP contribution in [0.15, 0.2) is 27.1 Å². The number of para-hydroxylation sites is 1. The van der Waals surface area contributed by atoms with Crippen LogP contribution in [-0.4, -0.2) is 25.2 Å². The number of benzene rings is 1. The molecule has 7 heteroatoms. The molecule has 0 N–H and O–H groups in total. The molecule has 0 fully saturated rings. The summed E-state index contributed by atoms with van der Waals surface area (Å²) >= 11 is 13.2. The number of imidazole rings is 1. The second kappa shape index (κ2) is 5.74. The Morgan fingerprint density at radius 3 is 2.52 bits per heavy atom. The largest absolute Gasteiger partial charge is 0.279 e. The Kier molecular flexibility index (Phi) is 4.12. The lowest BCUT2D eigenvalue weighted by Crippen LogP contribution is -2.07. The van der Waals surface area contributed by atoms with E-state index in [1.54, 1.807) is 0 Å². The number of hydrogen-bond acceptors (Lipinski definition) is 2. The van der Waals surface area contributed by atoms with Crippen molar-refractivity contribution >= 4 is 54.6 Å². The van der Waals surface area contributed by atoms with E-state index in [1.807, 2.05) is 36.9 Å². The van der Waals surface area contributed by atoms with Crippen molar-refractivity contribution in [2.24, 2.45) is 7.05 Å². The van der Waals surface area contributed by atoms with Gasteiger partial charge in [0.2, 0.25) is 0 Å². The summed E-state index contributed by atoms with van der Waals surface area (Å²) in [5, 5.41) is 4.47. The molecule has 0 spiro atoms. The zero-order valence-corrected chi connectivity index (χ0v) is 15.5. The third kappa shape index (κ3) is 2.43. The van der Waals surface area contributed by atoms with E-state index in [0.717, 1.165) is 37.3 Å². The molecule has 0 atom stereocenters. The highest BCUT2D eigenvalue weighted by atomic mass is 79.9. The molecule has 2 aromatic heterocycles. The topological polar surface area (TPSA) is 35.6 Å². The van der Waals surface area contributed by atoms with Crippen molar-refractivity contribution in [1.82, 2.24) is 19.3 Å². The van der Waals surface area contributed by atoms with Crippen LogP contribution in [0.25, 0.3) is 16.9 Å². The number of hydrogen-bond donors (Lipinski definition) is 0. The Bertz CT molecular complexity index is 802. The maximum Gasteiger partial charge on any atom is 0.163 e. The molecule has 110 valence electrons. The minimum atomic E-state index is 0.526. The Labute approximate surface area is 144 Å². The van der Waals surface area contributed by atoms with Gasteiger partial charge in [0, 0.05) is 28.3 Å². The van der Waals surface area contributed by atoms with Gasteiger partial charge in [0.25, 0.3) is 0 Å². The maximum absolute atomic E-state index is 5.95. The minimum absolute atomic E-state index is 0.526. The van der Waals surface area contributed by atoms with Crippen molar-refractivity contribution in [2.75, 3.05) is 5.88 Å². The van der Waals surface area contributed by atoms with Crippen molar-refractivity contribution < 1.29 is 0 Å². The molecule has 1 aromatic carbocycles. The predicted octanol–water partition coefficient (Wildman–Crippen LogP) is 4.37. The minimum Gasteiger partial charge on any atom is -0.279 e. The Hall–Kier alpha value is -0.850. The molecule has 4 nitrogen and oxygen atoms in total. The Morgan fingerprint density at radius 1 is 1.24 bits per heavy atom. The number of halogens is 3. The van der Waals surface area contributed by atoms with Crippen LogP contribution < -0.4 is 0 Å². The zero-order chi connectivity index (χ0) is 15.1. The summed E-state index contributed by atoms with van der Waals surface area (Å²) in [4.78, 5) is 4.73. The second-order valence-corrected chi connectivity index (χ2v) is 6.84. The smallest absolute Gasteiger partial charge is 0.163 e. The van der Waals surface area contributed by atoms with Crippen LogP contribution in [0.1, 0.15) is 11.5 Å². The van der Waals surface area contributed by atoms with Crippen molar-refractivity contribution in [3.8, 4) is 5.69 Å². The number of alkyl halides is 1. The SMILES string of the molecule is Cc1nn(C)c2c1nc(CCCl)n2-c1c(Br)cccc1Br. The maximum atomic E-state index is 5.95. The normalized spacial score (nSPS) is 11.5. The summed E-state index contributed by atoms with van der Waals surface area (Å²) in [6.45, 7) is 1.97. The summed E-state index contributed by atoms with van der Waals surface area (Å²) in [5.41, 5.74) is 3.83. The van der Waals surface area contributed by atoms with Gasteiger partial charge in [-0.15, -0.1) is 11.6 Å². The number of fused-ring (bicyclic) bond motifs is 1. The molecule has 3 aromatic rings. The van der Waals surface area contributed by atoms with Gasteiger partial charge in [0.15, 0.2) is 5.65 Å². The molecule has 21 heavy (non-hydrogen) atoms. The lowest BCUT2D eigenvalue weighted by atomic mass is 10.3. The second-order valence-electron chi connectivity index (χ2n) is 4.75. The van der Waals surface area contributed by atoms with E-state index in [0.29, 0.717) is 12.3 Å². The number of aromatic nitrogens is 4. The highest BCUT2D eigenvalue weighted by molar-refractivity contribution is 9.11. The summed E-state index contributed by atoms with van der Waals surface area (Å²) < 4.78 is 5.96. The van der Waals surface area contributed by atoms with E-state index >= 15 is 0 Å². The Morgan fingerprint density at radius 2 is 1.90 bits per heavy atom. The molecule has 0 aliphatic carbocycles. The number of rotatable bonds is 3. The van der Waals surface area contributed by atoms with Gasteiger partial charge in [0.1, 0.15) is 11.3 Å². The summed E-state index contributed by atoms with van der Waals surface area (Å²) in [6.07, 6.45) is 0.698. The molecule has 2 heterocycles. The summed E-state index contributed by atoms with van der Waals surface area (Å²) in [5.74, 6) is 1.46. The molecule has 0 saturated heterocycles. The molecule has 0 saturated carbocycles. The van der Waals surface area contributed by atoms with Gasteiger partial charge >= 0.3 is 0 Å². The number of nitrogens with zero attached hydrogens (tertiary/aromatic N) is 4. The monoisotopic (exact) mass is 430 g/mol. The molecular formula is C14H13Br2ClN4. The van der Waals surface area contributed by atoms with E-state index in [2.05, 4.69) is 41.5 Å². The van der Waals surface area contributed by atoms with Gasteiger partial charge in [-0.2, -0.15) is 5.10 Å². The highest BCUT2D eigenvalue weighted by Gasteiger charge is 2.21. The summed E-state index contributed by atoms with van der Waals surface area (Å²) in [7, 11) is 1.93. The molecule has 0 unspecified atom stereocenters. The van der Waals surface area contributed by atoms with Gasteiger partial charge in [-0.25, -0.2) is 9.67 Å². The van der Waals surface area contributed by atoms with Crippen molar-refractivity contribution in [2.45, 2.75) is 13.3 Å². The van der Waals surface area contributed by atoms with Crippen LogP contribution in [0.4, 0.5) is 0 Å². The van der Waals surface area contributed by atoms with E-state index in [1.165, 1.54) is 0 Å². The number of aryl methyl sites for hydroxylation is 3. The molecule has 0 aliphatic heterocycles. The highest BCUT2D eigenvalue weighted by Crippen LogP contribution is 2.33. The fraction of sp³-hybridized carbons (Fsp3) is 0.286. The van der Waals surface area contributed by atoms with Crippen LogP contribution in [0.3, 0.4) is 0 Å². The fourth-order valence-electron chi connectivity index (χ4n) is 2.51.